The van der Waals surface area contributed by atoms with E-state index in [1.807, 2.05) is 0 Å². The minimum Gasteiger partial charge on any atom is -0.315 e. The maximum atomic E-state index is 11.7. The van der Waals surface area contributed by atoms with Crippen molar-refractivity contribution >= 4 is 33.2 Å². The minimum absolute atomic E-state index is 0.0483. The van der Waals surface area contributed by atoms with E-state index in [9.17, 15) is 14.9 Å². The van der Waals surface area contributed by atoms with Gasteiger partial charge in [-0.3, -0.25) is 14.9 Å². The van der Waals surface area contributed by atoms with Crippen LogP contribution in [-0.2, 0) is 0 Å². The van der Waals surface area contributed by atoms with Gasteiger partial charge in [0.2, 0.25) is 0 Å². The summed E-state index contributed by atoms with van der Waals surface area (Å²) in [5.74, 6) is -0.575. The van der Waals surface area contributed by atoms with E-state index in [0.29, 0.717) is 4.47 Å². The molecule has 0 bridgehead atoms. The molecule has 0 atom stereocenters. The van der Waals surface area contributed by atoms with Gasteiger partial charge in [-0.15, -0.1) is 0 Å². The monoisotopic (exact) mass is 311 g/mol. The third kappa shape index (κ3) is 2.51. The van der Waals surface area contributed by atoms with Crippen molar-refractivity contribution in [2.24, 2.45) is 0 Å². The molecule has 2 aromatic rings. The van der Waals surface area contributed by atoms with Gasteiger partial charge in [-0.05, 0) is 12.1 Å². The van der Waals surface area contributed by atoms with Crippen LogP contribution in [-0.4, -0.2) is 26.2 Å². The highest BCUT2D eigenvalue weighted by atomic mass is 79.9. The number of aromatic amines is 1. The van der Waals surface area contributed by atoms with E-state index in [1.165, 1.54) is 18.3 Å². The normalized spacial score (nSPS) is 10.1. The fourth-order valence-electron chi connectivity index (χ4n) is 1.26. The number of hydrogen-bond donors (Lipinski definition) is 2. The molecular formula is C9H6BrN5O3. The Morgan fingerprint density at radius 3 is 2.89 bits per heavy atom. The first-order valence-corrected chi connectivity index (χ1v) is 5.48. The first-order valence-electron chi connectivity index (χ1n) is 4.69. The number of rotatable bonds is 3. The summed E-state index contributed by atoms with van der Waals surface area (Å²) in [6.07, 6.45) is 1.22. The second-order valence-corrected chi connectivity index (χ2v) is 4.14. The third-order valence-corrected chi connectivity index (χ3v) is 2.55. The predicted octanol–water partition coefficient (Wildman–Crippen LogP) is 1.73. The molecule has 0 spiro atoms. The molecule has 92 valence electrons. The molecule has 0 unspecified atom stereocenters. The van der Waals surface area contributed by atoms with E-state index in [1.54, 1.807) is 6.07 Å². The number of nitrogens with zero attached hydrogens (tertiary/aromatic N) is 3. The number of nitro benzene ring substituents is 1. The van der Waals surface area contributed by atoms with E-state index >= 15 is 0 Å². The Labute approximate surface area is 109 Å². The lowest BCUT2D eigenvalue weighted by atomic mass is 10.2. The summed E-state index contributed by atoms with van der Waals surface area (Å²) in [6, 6.07) is 4.32. The first-order chi connectivity index (χ1) is 8.58. The van der Waals surface area contributed by atoms with E-state index in [0.717, 1.165) is 0 Å². The van der Waals surface area contributed by atoms with Crippen molar-refractivity contribution in [2.75, 3.05) is 5.32 Å². The molecule has 1 aromatic heterocycles. The number of amides is 1. The van der Waals surface area contributed by atoms with Crippen molar-refractivity contribution in [3.63, 3.8) is 0 Å². The summed E-state index contributed by atoms with van der Waals surface area (Å²) < 4.78 is 0.550. The molecule has 0 radical (unpaired) electrons. The van der Waals surface area contributed by atoms with Crippen LogP contribution in [0.1, 0.15) is 10.5 Å². The second-order valence-electron chi connectivity index (χ2n) is 3.23. The van der Waals surface area contributed by atoms with Crippen molar-refractivity contribution in [2.45, 2.75) is 0 Å². The number of nitro groups is 1. The Bertz CT molecular complexity index is 598. The Morgan fingerprint density at radius 1 is 1.50 bits per heavy atom. The highest BCUT2D eigenvalue weighted by molar-refractivity contribution is 9.10. The average molecular weight is 312 g/mol. The van der Waals surface area contributed by atoms with Gasteiger partial charge in [0, 0.05) is 10.5 Å². The lowest BCUT2D eigenvalue weighted by Crippen LogP contribution is -2.13. The maximum absolute atomic E-state index is 11.7. The van der Waals surface area contributed by atoms with Crippen LogP contribution >= 0.6 is 15.9 Å². The zero-order valence-corrected chi connectivity index (χ0v) is 10.3. The van der Waals surface area contributed by atoms with Crippen molar-refractivity contribution in [1.82, 2.24) is 15.4 Å². The van der Waals surface area contributed by atoms with Gasteiger partial charge in [-0.25, -0.2) is 0 Å². The summed E-state index contributed by atoms with van der Waals surface area (Å²) in [7, 11) is 0. The van der Waals surface area contributed by atoms with E-state index in [4.69, 9.17) is 0 Å². The summed E-state index contributed by atoms with van der Waals surface area (Å²) in [4.78, 5) is 21.9. The first kappa shape index (κ1) is 12.2. The zero-order valence-electron chi connectivity index (χ0n) is 8.75. The lowest BCUT2D eigenvalue weighted by Gasteiger charge is -2.04. The molecule has 0 saturated heterocycles. The van der Waals surface area contributed by atoms with Crippen LogP contribution in [0.15, 0.2) is 28.9 Å². The van der Waals surface area contributed by atoms with Crippen LogP contribution in [0.3, 0.4) is 0 Å². The maximum Gasteiger partial charge on any atom is 0.293 e. The Hall–Kier alpha value is -2.29. The van der Waals surface area contributed by atoms with Crippen molar-refractivity contribution in [3.8, 4) is 0 Å². The predicted molar refractivity (Wildman–Crippen MR) is 65.1 cm³/mol. The van der Waals surface area contributed by atoms with Gasteiger partial charge in [-0.1, -0.05) is 15.9 Å². The highest BCUT2D eigenvalue weighted by Crippen LogP contribution is 2.28. The Morgan fingerprint density at radius 2 is 2.28 bits per heavy atom. The second kappa shape index (κ2) is 4.92. The number of benzene rings is 1. The number of aromatic nitrogens is 3. The number of carbonyl (C=O) groups is 1. The summed E-state index contributed by atoms with van der Waals surface area (Å²) >= 11 is 3.13. The van der Waals surface area contributed by atoms with Gasteiger partial charge in [-0.2, -0.15) is 15.4 Å². The molecule has 9 heteroatoms. The molecule has 0 saturated carbocycles. The van der Waals surface area contributed by atoms with Crippen LogP contribution in [0.4, 0.5) is 11.4 Å². The van der Waals surface area contributed by atoms with Gasteiger partial charge in [0.05, 0.1) is 11.1 Å². The Balaban J connectivity index is 2.29. The molecule has 0 aliphatic heterocycles. The topological polar surface area (TPSA) is 114 Å². The number of anilines is 1. The zero-order chi connectivity index (χ0) is 13.1. The summed E-state index contributed by atoms with van der Waals surface area (Å²) in [6.45, 7) is 0. The number of nitrogens with one attached hydrogen (secondary N) is 2. The summed E-state index contributed by atoms with van der Waals surface area (Å²) in [5.41, 5.74) is -0.0652. The smallest absolute Gasteiger partial charge is 0.293 e. The van der Waals surface area contributed by atoms with Crippen molar-refractivity contribution in [1.29, 1.82) is 0 Å². The van der Waals surface area contributed by atoms with Gasteiger partial charge < -0.3 is 5.32 Å². The number of H-pyrrole nitrogens is 1. The molecule has 1 aromatic carbocycles. The van der Waals surface area contributed by atoms with E-state index in [-0.39, 0.29) is 17.1 Å². The molecule has 1 amide bonds. The van der Waals surface area contributed by atoms with Crippen LogP contribution < -0.4 is 5.32 Å². The van der Waals surface area contributed by atoms with Gasteiger partial charge >= 0.3 is 0 Å². The third-order valence-electron chi connectivity index (χ3n) is 2.05. The lowest BCUT2D eigenvalue weighted by molar-refractivity contribution is -0.384. The minimum atomic E-state index is -0.580. The SMILES string of the molecule is O=C(Nc1ccc(Br)cc1[N+](=O)[O-])c1cn[nH]n1. The molecule has 0 fully saturated rings. The fraction of sp³-hybridized carbons (Fsp3) is 0. The fourth-order valence-corrected chi connectivity index (χ4v) is 1.61. The van der Waals surface area contributed by atoms with Crippen LogP contribution in [0, 0.1) is 10.1 Å². The molecule has 1 heterocycles. The van der Waals surface area contributed by atoms with Crippen LogP contribution in [0.5, 0.6) is 0 Å². The van der Waals surface area contributed by atoms with E-state index < -0.39 is 10.8 Å². The molecule has 2 rings (SSSR count). The largest absolute Gasteiger partial charge is 0.315 e. The van der Waals surface area contributed by atoms with Gasteiger partial charge in [0.25, 0.3) is 11.6 Å². The standard InChI is InChI=1S/C9H6BrN5O3/c10-5-1-2-6(8(3-5)15(17)18)12-9(16)7-4-11-14-13-7/h1-4H,(H,12,16)(H,11,13,14). The van der Waals surface area contributed by atoms with Gasteiger partial charge in [0.15, 0.2) is 5.69 Å². The number of hydrogen-bond acceptors (Lipinski definition) is 5. The molecule has 0 aliphatic rings. The molecule has 2 N–H and O–H groups in total. The van der Waals surface area contributed by atoms with Gasteiger partial charge in [0.1, 0.15) is 5.69 Å². The van der Waals surface area contributed by atoms with Crippen molar-refractivity contribution < 1.29 is 9.72 Å². The molecule has 8 nitrogen and oxygen atoms in total. The molecule has 0 aliphatic carbocycles. The highest BCUT2D eigenvalue weighted by Gasteiger charge is 2.18. The summed E-state index contributed by atoms with van der Waals surface area (Å²) in [5, 5.41) is 22.6. The van der Waals surface area contributed by atoms with Crippen molar-refractivity contribution in [3.05, 3.63) is 44.7 Å². The average Bonchev–Trinajstić information content (AvgIpc) is 2.84. The molecule has 18 heavy (non-hydrogen) atoms. The Kier molecular flexibility index (Phi) is 3.33. The number of carbonyl (C=O) groups excluding carboxylic acids is 1. The van der Waals surface area contributed by atoms with Crippen LogP contribution in [0.25, 0.3) is 0 Å². The number of halogens is 1. The van der Waals surface area contributed by atoms with Crippen LogP contribution in [0.2, 0.25) is 0 Å². The quantitative estimate of drug-likeness (QED) is 0.661. The van der Waals surface area contributed by atoms with E-state index in [2.05, 4.69) is 36.7 Å². The molecular weight excluding hydrogens is 306 g/mol.